The Kier molecular flexibility index (Phi) is 12.0. The molecule has 284 valence electrons. The van der Waals surface area contributed by atoms with Gasteiger partial charge in [-0.15, -0.1) is 0 Å². The number of rotatable bonds is 12. The predicted molar refractivity (Wildman–Crippen MR) is 206 cm³/mol. The normalized spacial score (nSPS) is 12.1. The first-order chi connectivity index (χ1) is 25.5. The highest BCUT2D eigenvalue weighted by atomic mass is 35.5. The minimum Gasteiger partial charge on any atom is -0.497 e. The lowest BCUT2D eigenvalue weighted by Gasteiger charge is -2.24. The van der Waals surface area contributed by atoms with E-state index in [4.69, 9.17) is 37.4 Å². The van der Waals surface area contributed by atoms with Gasteiger partial charge in [-0.3, -0.25) is 4.79 Å². The summed E-state index contributed by atoms with van der Waals surface area (Å²) in [6.07, 6.45) is 2.38. The highest BCUT2D eigenvalue weighted by Gasteiger charge is 2.34. The number of methoxy groups -OCH3 is 2. The molecule has 1 atom stereocenters. The lowest BCUT2D eigenvalue weighted by atomic mass is 9.83. The van der Waals surface area contributed by atoms with E-state index in [2.05, 4.69) is 15.1 Å². The molecule has 1 unspecified atom stereocenters. The van der Waals surface area contributed by atoms with E-state index in [1.54, 1.807) is 64.4 Å². The van der Waals surface area contributed by atoms with Crippen molar-refractivity contribution in [2.24, 2.45) is 0 Å². The molecule has 5 aromatic rings. The number of nitrogens with zero attached hydrogens (tertiary/aromatic N) is 6. The fourth-order valence-electron chi connectivity index (χ4n) is 6.05. The largest absolute Gasteiger partial charge is 0.497 e. The van der Waals surface area contributed by atoms with Gasteiger partial charge in [0.2, 0.25) is 11.8 Å². The van der Waals surface area contributed by atoms with Crippen molar-refractivity contribution in [3.8, 4) is 17.3 Å². The van der Waals surface area contributed by atoms with E-state index in [-0.39, 0.29) is 47.7 Å². The van der Waals surface area contributed by atoms with Crippen LogP contribution in [-0.2, 0) is 17.7 Å². The van der Waals surface area contributed by atoms with E-state index < -0.39 is 23.6 Å². The number of anilines is 1. The molecule has 3 aromatic heterocycles. The summed E-state index contributed by atoms with van der Waals surface area (Å²) in [7, 11) is 4.44. The number of aromatic carboxylic acids is 1. The standard InChI is InChI=1S/C39H42Cl2N6O7/c1-22(2)33-31(32(36(49)50)44-47(33)30-19-42-37(43-34(30)53-8)45(6)38(51)54-39(3,4)5)29(24-11-13-26(40)14-12-24)18-25-17-27(41)21-46(35(25)48)20-23-9-15-28(52-7)16-10-23/h9-17,19,21-22,29H,18,20H2,1-8H3,(H,49,50). The minimum atomic E-state index is -1.28. The van der Waals surface area contributed by atoms with Crippen molar-refractivity contribution in [3.63, 3.8) is 0 Å². The molecule has 0 bridgehead atoms. The van der Waals surface area contributed by atoms with Crippen LogP contribution < -0.4 is 19.9 Å². The average molecular weight is 778 g/mol. The Hall–Kier alpha value is -5.40. The van der Waals surface area contributed by atoms with Crippen LogP contribution in [0.5, 0.6) is 11.6 Å². The van der Waals surface area contributed by atoms with Gasteiger partial charge in [-0.2, -0.15) is 10.1 Å². The smallest absolute Gasteiger partial charge is 0.416 e. The van der Waals surface area contributed by atoms with Crippen LogP contribution in [0.3, 0.4) is 0 Å². The first-order valence-electron chi connectivity index (χ1n) is 17.0. The van der Waals surface area contributed by atoms with Gasteiger partial charge in [-0.25, -0.2) is 24.2 Å². The van der Waals surface area contributed by atoms with E-state index in [1.165, 1.54) is 29.6 Å². The quantitative estimate of drug-likeness (QED) is 0.133. The van der Waals surface area contributed by atoms with Crippen LogP contribution in [0.2, 0.25) is 10.0 Å². The van der Waals surface area contributed by atoms with Gasteiger partial charge in [0, 0.05) is 35.3 Å². The van der Waals surface area contributed by atoms with Crippen molar-refractivity contribution in [3.05, 3.63) is 121 Å². The molecule has 54 heavy (non-hydrogen) atoms. The maximum Gasteiger partial charge on any atom is 0.416 e. The van der Waals surface area contributed by atoms with Crippen molar-refractivity contribution in [2.45, 2.75) is 65.0 Å². The molecule has 13 nitrogen and oxygen atoms in total. The van der Waals surface area contributed by atoms with E-state index in [0.717, 1.165) is 10.5 Å². The summed E-state index contributed by atoms with van der Waals surface area (Å²) >= 11 is 12.9. The van der Waals surface area contributed by atoms with Crippen molar-refractivity contribution in [2.75, 3.05) is 26.2 Å². The minimum absolute atomic E-state index is 0.00676. The Labute approximate surface area is 323 Å². The molecule has 15 heteroatoms. The second-order valence-electron chi connectivity index (χ2n) is 13.9. The highest BCUT2D eigenvalue weighted by molar-refractivity contribution is 6.30. The third-order valence-electron chi connectivity index (χ3n) is 8.50. The van der Waals surface area contributed by atoms with E-state index in [1.807, 2.05) is 38.1 Å². The summed E-state index contributed by atoms with van der Waals surface area (Å²) in [5.74, 6) is -1.59. The summed E-state index contributed by atoms with van der Waals surface area (Å²) in [5, 5.41) is 16.1. The number of hydrogen-bond donors (Lipinski definition) is 1. The van der Waals surface area contributed by atoms with Gasteiger partial charge >= 0.3 is 12.1 Å². The van der Waals surface area contributed by atoms with Crippen LogP contribution in [0, 0.1) is 0 Å². The topological polar surface area (TPSA) is 151 Å². The third-order valence-corrected chi connectivity index (χ3v) is 8.96. The average Bonchev–Trinajstić information content (AvgIpc) is 3.53. The Morgan fingerprint density at radius 1 is 0.981 bits per heavy atom. The van der Waals surface area contributed by atoms with Crippen LogP contribution >= 0.6 is 23.2 Å². The fourth-order valence-corrected chi connectivity index (χ4v) is 6.43. The molecule has 1 amide bonds. The number of carboxylic acid groups (broad SMARTS) is 1. The molecular weight excluding hydrogens is 735 g/mol. The van der Waals surface area contributed by atoms with E-state index in [9.17, 15) is 19.5 Å². The molecule has 1 N–H and O–H groups in total. The van der Waals surface area contributed by atoms with Crippen molar-refractivity contribution in [1.82, 2.24) is 24.3 Å². The second kappa shape index (κ2) is 16.3. The molecule has 0 saturated heterocycles. The monoisotopic (exact) mass is 776 g/mol. The zero-order valence-corrected chi connectivity index (χ0v) is 32.8. The van der Waals surface area contributed by atoms with Gasteiger partial charge in [0.25, 0.3) is 5.56 Å². The van der Waals surface area contributed by atoms with Crippen LogP contribution in [-0.4, -0.2) is 68.4 Å². The van der Waals surface area contributed by atoms with Crippen LogP contribution in [0.25, 0.3) is 5.69 Å². The summed E-state index contributed by atoms with van der Waals surface area (Å²) in [5.41, 5.74) is 1.76. The number of carbonyl (C=O) groups excluding carboxylic acids is 1. The molecular formula is C39H42Cl2N6O7. The van der Waals surface area contributed by atoms with Crippen molar-refractivity contribution < 1.29 is 28.9 Å². The highest BCUT2D eigenvalue weighted by Crippen LogP contribution is 2.39. The van der Waals surface area contributed by atoms with E-state index >= 15 is 0 Å². The van der Waals surface area contributed by atoms with Crippen LogP contribution in [0.1, 0.15) is 84.9 Å². The summed E-state index contributed by atoms with van der Waals surface area (Å²) in [4.78, 5) is 50.0. The number of pyridine rings is 1. The first-order valence-corrected chi connectivity index (χ1v) is 17.8. The number of hydrogen-bond acceptors (Lipinski definition) is 9. The molecule has 3 heterocycles. The maximum absolute atomic E-state index is 14.1. The van der Waals surface area contributed by atoms with Gasteiger partial charge in [0.15, 0.2) is 5.69 Å². The molecule has 0 aliphatic carbocycles. The molecule has 0 spiro atoms. The second-order valence-corrected chi connectivity index (χ2v) is 14.8. The zero-order valence-electron chi connectivity index (χ0n) is 31.3. The van der Waals surface area contributed by atoms with Crippen LogP contribution in [0.4, 0.5) is 10.7 Å². The Balaban J connectivity index is 1.67. The fraction of sp³-hybridized carbons (Fsp3) is 0.333. The van der Waals surface area contributed by atoms with Crippen molar-refractivity contribution in [1.29, 1.82) is 0 Å². The Morgan fingerprint density at radius 2 is 1.65 bits per heavy atom. The number of carbonyl (C=O) groups is 2. The maximum atomic E-state index is 14.1. The molecule has 2 aromatic carbocycles. The predicted octanol–water partition coefficient (Wildman–Crippen LogP) is 7.76. The van der Waals surface area contributed by atoms with Gasteiger partial charge < -0.3 is 23.9 Å². The zero-order chi connectivity index (χ0) is 39.5. The molecule has 0 radical (unpaired) electrons. The molecule has 0 fully saturated rings. The SMILES string of the molecule is COc1ccc(Cn2cc(Cl)cc(CC(c3ccc(Cl)cc3)c3c(C(=O)O)nn(-c4cnc(N(C)C(=O)OC(C)(C)C)nc4OC)c3C(C)C)c2=O)cc1. The van der Waals surface area contributed by atoms with Gasteiger partial charge in [-0.05, 0) is 74.6 Å². The number of aromatic nitrogens is 5. The lowest BCUT2D eigenvalue weighted by Crippen LogP contribution is -2.35. The summed E-state index contributed by atoms with van der Waals surface area (Å²) in [6.45, 7) is 9.29. The van der Waals surface area contributed by atoms with Gasteiger partial charge in [0.1, 0.15) is 17.0 Å². The summed E-state index contributed by atoms with van der Waals surface area (Å²) < 4.78 is 19.4. The Morgan fingerprint density at radius 3 is 2.22 bits per heavy atom. The summed E-state index contributed by atoms with van der Waals surface area (Å²) in [6, 6.07) is 16.0. The van der Waals surface area contributed by atoms with Crippen molar-refractivity contribution >= 4 is 41.2 Å². The van der Waals surface area contributed by atoms with Gasteiger partial charge in [0.05, 0.1) is 37.7 Å². The number of ether oxygens (including phenoxy) is 3. The third kappa shape index (κ3) is 8.86. The van der Waals surface area contributed by atoms with Crippen LogP contribution in [0.15, 0.2) is 71.8 Å². The number of benzene rings is 2. The number of amides is 1. The molecule has 5 rings (SSSR count). The molecule has 0 aliphatic rings. The Bertz CT molecular complexity index is 2210. The molecule has 0 aliphatic heterocycles. The first kappa shape index (κ1) is 39.8. The number of carboxylic acids is 1. The number of halogens is 2. The van der Waals surface area contributed by atoms with E-state index in [0.29, 0.717) is 38.2 Å². The van der Waals surface area contributed by atoms with Gasteiger partial charge in [-0.1, -0.05) is 61.3 Å². The lowest BCUT2D eigenvalue weighted by molar-refractivity contribution is 0.0586. The molecule has 0 saturated carbocycles.